The zero-order valence-electron chi connectivity index (χ0n) is 17.5. The smallest absolute Gasteiger partial charge is 0.254 e. The van der Waals surface area contributed by atoms with E-state index in [4.69, 9.17) is 4.74 Å². The largest absolute Gasteiger partial charge is 0.383 e. The summed E-state index contributed by atoms with van der Waals surface area (Å²) in [6.45, 7) is 4.15. The number of benzene rings is 1. The lowest BCUT2D eigenvalue weighted by molar-refractivity contribution is 0.0745. The summed E-state index contributed by atoms with van der Waals surface area (Å²) in [5, 5.41) is 9.29. The Labute approximate surface area is 182 Å². The number of anilines is 1. The number of nitrogens with zero attached hydrogens (tertiary/aromatic N) is 4. The lowest BCUT2D eigenvalue weighted by Crippen LogP contribution is -2.49. The summed E-state index contributed by atoms with van der Waals surface area (Å²) in [6, 6.07) is 10.1. The first-order chi connectivity index (χ1) is 14.9. The van der Waals surface area contributed by atoms with E-state index < -0.39 is 10.0 Å². The van der Waals surface area contributed by atoms with Crippen molar-refractivity contribution in [2.24, 2.45) is 0 Å². The molecule has 3 rings (SSSR count). The molecule has 0 spiro atoms. The van der Waals surface area contributed by atoms with Crippen LogP contribution in [-0.4, -0.2) is 70.6 Å². The lowest BCUT2D eigenvalue weighted by atomic mass is 10.1. The Bertz CT molecular complexity index is 1090. The minimum Gasteiger partial charge on any atom is -0.383 e. The van der Waals surface area contributed by atoms with Crippen LogP contribution in [-0.2, 0) is 14.8 Å². The van der Waals surface area contributed by atoms with Crippen LogP contribution in [0, 0.1) is 18.3 Å². The summed E-state index contributed by atoms with van der Waals surface area (Å²) in [6.07, 6.45) is 1.64. The number of hydrogen-bond acceptors (Lipinski definition) is 7. The van der Waals surface area contributed by atoms with Gasteiger partial charge in [0.2, 0.25) is 10.0 Å². The maximum Gasteiger partial charge on any atom is 0.254 e. The van der Waals surface area contributed by atoms with Gasteiger partial charge < -0.3 is 14.5 Å². The predicted octanol–water partition coefficient (Wildman–Crippen LogP) is 1.15. The van der Waals surface area contributed by atoms with E-state index >= 15 is 0 Å². The third-order valence-corrected chi connectivity index (χ3v) is 6.58. The summed E-state index contributed by atoms with van der Waals surface area (Å²) in [7, 11) is -2.24. The van der Waals surface area contributed by atoms with Gasteiger partial charge in [0.15, 0.2) is 0 Å². The molecular weight excluding hydrogens is 418 g/mol. The number of ether oxygens (including phenoxy) is 1. The molecule has 1 aliphatic heterocycles. The van der Waals surface area contributed by atoms with Crippen molar-refractivity contribution in [3.63, 3.8) is 0 Å². The first-order valence-corrected chi connectivity index (χ1v) is 11.3. The molecule has 0 saturated carbocycles. The van der Waals surface area contributed by atoms with E-state index in [1.165, 1.54) is 19.2 Å². The zero-order valence-corrected chi connectivity index (χ0v) is 18.4. The molecule has 2 aromatic rings. The van der Waals surface area contributed by atoms with E-state index in [1.807, 2.05) is 4.90 Å². The number of piperazine rings is 1. The molecule has 0 unspecified atom stereocenters. The lowest BCUT2D eigenvalue weighted by Gasteiger charge is -2.36. The molecule has 1 aromatic carbocycles. The van der Waals surface area contributed by atoms with Gasteiger partial charge in [0.1, 0.15) is 11.9 Å². The van der Waals surface area contributed by atoms with Gasteiger partial charge in [-0.25, -0.2) is 18.1 Å². The highest BCUT2D eigenvalue weighted by molar-refractivity contribution is 7.89. The molecule has 0 bridgehead atoms. The summed E-state index contributed by atoms with van der Waals surface area (Å²) in [5.74, 6) is 0.399. The minimum atomic E-state index is -3.74. The molecular formula is C21H25N5O4S. The predicted molar refractivity (Wildman–Crippen MR) is 115 cm³/mol. The highest BCUT2D eigenvalue weighted by Gasteiger charge is 2.26. The Morgan fingerprint density at radius 3 is 2.68 bits per heavy atom. The molecule has 1 N–H and O–H groups in total. The van der Waals surface area contributed by atoms with Crippen molar-refractivity contribution in [2.45, 2.75) is 11.8 Å². The first-order valence-electron chi connectivity index (χ1n) is 9.86. The average Bonchev–Trinajstić information content (AvgIpc) is 2.79. The molecule has 1 aliphatic rings. The summed E-state index contributed by atoms with van der Waals surface area (Å²) in [4.78, 5) is 21.2. The quantitative estimate of drug-likeness (QED) is 0.638. The van der Waals surface area contributed by atoms with Crippen LogP contribution in [0.15, 0.2) is 41.4 Å². The van der Waals surface area contributed by atoms with Crippen LogP contribution in [0.1, 0.15) is 21.5 Å². The molecule has 1 saturated heterocycles. The van der Waals surface area contributed by atoms with Crippen LogP contribution < -0.4 is 9.62 Å². The second kappa shape index (κ2) is 9.87. The fourth-order valence-corrected chi connectivity index (χ4v) is 4.43. The van der Waals surface area contributed by atoms with E-state index in [2.05, 4.69) is 15.8 Å². The number of rotatable bonds is 7. The molecule has 1 aromatic heterocycles. The monoisotopic (exact) mass is 443 g/mol. The van der Waals surface area contributed by atoms with Crippen molar-refractivity contribution >= 4 is 21.7 Å². The van der Waals surface area contributed by atoms with Gasteiger partial charge in [-0.3, -0.25) is 4.79 Å². The van der Waals surface area contributed by atoms with Gasteiger partial charge in [0.25, 0.3) is 5.91 Å². The molecule has 1 fully saturated rings. The normalized spacial score (nSPS) is 14.4. The topological polar surface area (TPSA) is 116 Å². The number of carbonyl (C=O) groups is 1. The summed E-state index contributed by atoms with van der Waals surface area (Å²) >= 11 is 0. The van der Waals surface area contributed by atoms with Gasteiger partial charge in [-0.05, 0) is 36.8 Å². The number of methoxy groups -OCH3 is 1. The van der Waals surface area contributed by atoms with Crippen molar-refractivity contribution < 1.29 is 17.9 Å². The van der Waals surface area contributed by atoms with Gasteiger partial charge in [0.05, 0.1) is 17.1 Å². The minimum absolute atomic E-state index is 0.0448. The van der Waals surface area contributed by atoms with Crippen molar-refractivity contribution in [1.82, 2.24) is 14.6 Å². The maximum absolute atomic E-state index is 13.1. The van der Waals surface area contributed by atoms with Crippen molar-refractivity contribution in [1.29, 1.82) is 5.26 Å². The van der Waals surface area contributed by atoms with Gasteiger partial charge in [-0.1, -0.05) is 6.07 Å². The van der Waals surface area contributed by atoms with Crippen molar-refractivity contribution in [2.75, 3.05) is 51.3 Å². The van der Waals surface area contributed by atoms with Crippen LogP contribution >= 0.6 is 0 Å². The van der Waals surface area contributed by atoms with Gasteiger partial charge in [0, 0.05) is 51.6 Å². The number of nitrogens with one attached hydrogen (secondary N) is 1. The number of sulfonamides is 1. The van der Waals surface area contributed by atoms with Gasteiger partial charge in [-0.2, -0.15) is 5.26 Å². The van der Waals surface area contributed by atoms with E-state index in [0.717, 1.165) is 0 Å². The third kappa shape index (κ3) is 5.19. The van der Waals surface area contributed by atoms with Crippen LogP contribution in [0.4, 0.5) is 5.82 Å². The highest BCUT2D eigenvalue weighted by atomic mass is 32.2. The molecule has 0 atom stereocenters. The maximum atomic E-state index is 13.1. The van der Waals surface area contributed by atoms with E-state index in [0.29, 0.717) is 48.7 Å². The number of hydrogen-bond donors (Lipinski definition) is 1. The molecule has 2 heterocycles. The highest BCUT2D eigenvalue weighted by Crippen LogP contribution is 2.21. The Hall–Kier alpha value is -3.00. The molecule has 1 amide bonds. The number of carbonyl (C=O) groups excluding carboxylic acids is 1. The second-order valence-electron chi connectivity index (χ2n) is 7.13. The van der Waals surface area contributed by atoms with Crippen LogP contribution in [0.3, 0.4) is 0 Å². The van der Waals surface area contributed by atoms with E-state index in [1.54, 1.807) is 36.2 Å². The molecule has 0 radical (unpaired) electrons. The number of pyridine rings is 1. The fourth-order valence-electron chi connectivity index (χ4n) is 3.39. The first kappa shape index (κ1) is 22.7. The van der Waals surface area contributed by atoms with Gasteiger partial charge >= 0.3 is 0 Å². The number of nitriles is 1. The standard InChI is InChI=1S/C21H25N5O4S/c1-16-5-6-18(31(28,29)24-8-13-30-2)14-19(16)21(27)26-11-9-25(10-12-26)20-17(15-22)4-3-7-23-20/h3-7,14,24H,8-13H2,1-2H3. The second-order valence-corrected chi connectivity index (χ2v) is 8.90. The van der Waals surface area contributed by atoms with Crippen LogP contribution in [0.25, 0.3) is 0 Å². The van der Waals surface area contributed by atoms with Crippen molar-refractivity contribution in [3.05, 3.63) is 53.2 Å². The Morgan fingerprint density at radius 1 is 1.26 bits per heavy atom. The number of aromatic nitrogens is 1. The summed E-state index contributed by atoms with van der Waals surface area (Å²) in [5.41, 5.74) is 1.57. The SMILES string of the molecule is COCCNS(=O)(=O)c1ccc(C)c(C(=O)N2CCN(c3ncccc3C#N)CC2)c1. The van der Waals surface area contributed by atoms with E-state index in [9.17, 15) is 18.5 Å². The number of amides is 1. The molecule has 9 nitrogen and oxygen atoms in total. The Morgan fingerprint density at radius 2 is 2.00 bits per heavy atom. The number of aryl methyl sites for hydroxylation is 1. The third-order valence-electron chi connectivity index (χ3n) is 5.12. The fraction of sp³-hybridized carbons (Fsp3) is 0.381. The zero-order chi connectivity index (χ0) is 22.4. The molecule has 0 aliphatic carbocycles. The van der Waals surface area contributed by atoms with Crippen LogP contribution in [0.2, 0.25) is 0 Å². The van der Waals surface area contributed by atoms with Gasteiger partial charge in [-0.15, -0.1) is 0 Å². The van der Waals surface area contributed by atoms with Crippen molar-refractivity contribution in [3.8, 4) is 6.07 Å². The summed E-state index contributed by atoms with van der Waals surface area (Å²) < 4.78 is 32.3. The molecule has 31 heavy (non-hydrogen) atoms. The Kier molecular flexibility index (Phi) is 7.22. The Balaban J connectivity index is 1.73. The van der Waals surface area contributed by atoms with E-state index in [-0.39, 0.29) is 24.0 Å². The average molecular weight is 444 g/mol. The molecule has 164 valence electrons. The molecule has 10 heteroatoms. The van der Waals surface area contributed by atoms with Crippen LogP contribution in [0.5, 0.6) is 0 Å².